The van der Waals surface area contributed by atoms with Gasteiger partial charge in [0, 0.05) is 25.7 Å². The number of esters is 4. The molecule has 0 aliphatic heterocycles. The van der Waals surface area contributed by atoms with Crippen LogP contribution in [0.4, 0.5) is 0 Å². The van der Waals surface area contributed by atoms with Gasteiger partial charge in [-0.3, -0.25) is 37.3 Å². The van der Waals surface area contributed by atoms with E-state index in [2.05, 4.69) is 48.5 Å². The average molecular weight is 1630 g/mol. The first-order valence-corrected chi connectivity index (χ1v) is 50.8. The van der Waals surface area contributed by atoms with E-state index < -0.39 is 97.5 Å². The average Bonchev–Trinajstić information content (AvgIpc) is 0.908. The van der Waals surface area contributed by atoms with E-state index >= 15 is 0 Å². The molecule has 112 heavy (non-hydrogen) atoms. The van der Waals surface area contributed by atoms with Crippen LogP contribution in [0.25, 0.3) is 0 Å². The Hall–Kier alpha value is -1.94. The first kappa shape index (κ1) is 110. The summed E-state index contributed by atoms with van der Waals surface area (Å²) in [5.74, 6) is 0.292. The van der Waals surface area contributed by atoms with E-state index in [0.29, 0.717) is 25.7 Å². The SMILES string of the molecule is CCCCCCCCCCCCCCCCCCCCC(=O)O[C@H](COC(=O)CCCCCCCCCCCC(C)C)COP(=O)(O)OC[C@H](O)COP(=O)(O)OC[C@@H](COC(=O)CCCCCCCCCCCCCCCCCCCCC(C)C)OC(=O)CCCCCCCCCCCCCCCCCCCCC(C)C. The summed E-state index contributed by atoms with van der Waals surface area (Å²) in [4.78, 5) is 73.5. The van der Waals surface area contributed by atoms with Gasteiger partial charge in [-0.15, -0.1) is 0 Å². The van der Waals surface area contributed by atoms with Crippen LogP contribution >= 0.6 is 15.6 Å². The molecule has 0 saturated heterocycles. The van der Waals surface area contributed by atoms with Gasteiger partial charge in [-0.05, 0) is 43.4 Å². The fourth-order valence-electron chi connectivity index (χ4n) is 14.6. The Bertz CT molecular complexity index is 2150. The highest BCUT2D eigenvalue weighted by atomic mass is 31.2. The van der Waals surface area contributed by atoms with Gasteiger partial charge in [-0.25, -0.2) is 9.13 Å². The number of unbranched alkanes of at least 4 members (excludes halogenated alkanes) is 59. The van der Waals surface area contributed by atoms with E-state index in [-0.39, 0.29) is 25.7 Å². The molecule has 0 saturated carbocycles. The Labute approximate surface area is 689 Å². The van der Waals surface area contributed by atoms with Crippen molar-refractivity contribution >= 4 is 39.5 Å². The van der Waals surface area contributed by atoms with Gasteiger partial charge in [0.1, 0.15) is 19.3 Å². The highest BCUT2D eigenvalue weighted by Gasteiger charge is 2.31. The van der Waals surface area contributed by atoms with Gasteiger partial charge >= 0.3 is 39.5 Å². The molecule has 3 N–H and O–H groups in total. The lowest BCUT2D eigenvalue weighted by Crippen LogP contribution is -2.30. The van der Waals surface area contributed by atoms with Crippen LogP contribution in [0.1, 0.15) is 498 Å². The summed E-state index contributed by atoms with van der Waals surface area (Å²) >= 11 is 0. The molecular formula is C93H182O17P2. The van der Waals surface area contributed by atoms with E-state index in [0.717, 1.165) is 108 Å². The maximum Gasteiger partial charge on any atom is 0.472 e. The van der Waals surface area contributed by atoms with Crippen molar-refractivity contribution in [1.29, 1.82) is 0 Å². The molecule has 0 fully saturated rings. The number of carbonyl (C=O) groups excluding carboxylic acids is 4. The van der Waals surface area contributed by atoms with Gasteiger partial charge in [0.15, 0.2) is 12.2 Å². The first-order chi connectivity index (χ1) is 54.2. The number of aliphatic hydroxyl groups excluding tert-OH is 1. The lowest BCUT2D eigenvalue weighted by Gasteiger charge is -2.21. The normalized spacial score (nSPS) is 13.8. The highest BCUT2D eigenvalue weighted by molar-refractivity contribution is 7.47. The molecule has 19 heteroatoms. The topological polar surface area (TPSA) is 237 Å². The number of hydrogen-bond donors (Lipinski definition) is 3. The van der Waals surface area contributed by atoms with Crippen LogP contribution in [0.5, 0.6) is 0 Å². The van der Waals surface area contributed by atoms with Crippen LogP contribution in [-0.4, -0.2) is 96.7 Å². The van der Waals surface area contributed by atoms with Crippen molar-refractivity contribution in [3.8, 4) is 0 Å². The molecule has 0 spiro atoms. The second-order valence-corrected chi connectivity index (χ2v) is 37.7. The molecule has 2 unspecified atom stereocenters. The Morgan fingerprint density at radius 1 is 0.241 bits per heavy atom. The molecule has 5 atom stereocenters. The van der Waals surface area contributed by atoms with Crippen LogP contribution in [0.3, 0.4) is 0 Å². The Kier molecular flexibility index (Phi) is 81.3. The molecule has 0 bridgehead atoms. The summed E-state index contributed by atoms with van der Waals surface area (Å²) in [6.07, 6.45) is 76.5. The molecule has 17 nitrogen and oxygen atoms in total. The molecule has 0 aromatic rings. The molecule has 0 aromatic heterocycles. The third-order valence-electron chi connectivity index (χ3n) is 21.9. The van der Waals surface area contributed by atoms with Crippen LogP contribution < -0.4 is 0 Å². The summed E-state index contributed by atoms with van der Waals surface area (Å²) in [6.45, 7) is 12.1. The van der Waals surface area contributed by atoms with E-state index in [9.17, 15) is 43.2 Å². The minimum Gasteiger partial charge on any atom is -0.462 e. The minimum atomic E-state index is -4.97. The molecule has 0 rings (SSSR count). The van der Waals surface area contributed by atoms with Gasteiger partial charge in [0.05, 0.1) is 26.4 Å². The van der Waals surface area contributed by atoms with Crippen LogP contribution in [0.15, 0.2) is 0 Å². The summed E-state index contributed by atoms with van der Waals surface area (Å²) in [6, 6.07) is 0. The maximum atomic E-state index is 13.2. The Balaban J connectivity index is 5.24. The van der Waals surface area contributed by atoms with Gasteiger partial charge in [0.25, 0.3) is 0 Å². The molecule has 0 heterocycles. The number of phosphoric acid groups is 2. The largest absolute Gasteiger partial charge is 0.472 e. The second-order valence-electron chi connectivity index (χ2n) is 34.8. The van der Waals surface area contributed by atoms with E-state index in [1.165, 1.54) is 308 Å². The third-order valence-corrected chi connectivity index (χ3v) is 23.8. The monoisotopic (exact) mass is 1630 g/mol. The summed E-state index contributed by atoms with van der Waals surface area (Å²) in [5.41, 5.74) is 0. The third kappa shape index (κ3) is 85.9. The molecule has 0 radical (unpaired) electrons. The van der Waals surface area contributed by atoms with E-state index in [4.69, 9.17) is 37.0 Å². The van der Waals surface area contributed by atoms with Gasteiger partial charge in [-0.1, -0.05) is 447 Å². The number of rotatable bonds is 91. The summed E-state index contributed by atoms with van der Waals surface area (Å²) in [5, 5.41) is 10.7. The fourth-order valence-corrected chi connectivity index (χ4v) is 16.2. The molecule has 0 amide bonds. The van der Waals surface area contributed by atoms with Gasteiger partial charge < -0.3 is 33.8 Å². The number of carbonyl (C=O) groups is 4. The number of ether oxygens (including phenoxy) is 4. The molecule has 666 valence electrons. The Morgan fingerprint density at radius 3 is 0.607 bits per heavy atom. The van der Waals surface area contributed by atoms with Crippen molar-refractivity contribution in [2.24, 2.45) is 17.8 Å². The quantitative estimate of drug-likeness (QED) is 0.0222. The van der Waals surface area contributed by atoms with Crippen LogP contribution in [0, 0.1) is 17.8 Å². The zero-order chi connectivity index (χ0) is 82.2. The van der Waals surface area contributed by atoms with E-state index in [1.807, 2.05) is 0 Å². The molecule has 0 aliphatic rings. The lowest BCUT2D eigenvalue weighted by atomic mass is 10.0. The van der Waals surface area contributed by atoms with Gasteiger partial charge in [0.2, 0.25) is 0 Å². The van der Waals surface area contributed by atoms with Crippen molar-refractivity contribution in [2.45, 2.75) is 516 Å². The summed E-state index contributed by atoms with van der Waals surface area (Å²) < 4.78 is 69.1. The van der Waals surface area contributed by atoms with Crippen molar-refractivity contribution in [3.05, 3.63) is 0 Å². The van der Waals surface area contributed by atoms with Crippen LogP contribution in [0.2, 0.25) is 0 Å². The second kappa shape index (κ2) is 82.7. The number of phosphoric ester groups is 2. The zero-order valence-electron chi connectivity index (χ0n) is 74.2. The van der Waals surface area contributed by atoms with E-state index in [1.54, 1.807) is 0 Å². The Morgan fingerprint density at radius 2 is 0.411 bits per heavy atom. The van der Waals surface area contributed by atoms with Gasteiger partial charge in [-0.2, -0.15) is 0 Å². The molecule has 0 aromatic carbocycles. The molecular weight excluding hydrogens is 1450 g/mol. The summed E-state index contributed by atoms with van der Waals surface area (Å²) in [7, 11) is -9.94. The fraction of sp³-hybridized carbons (Fsp3) is 0.957. The zero-order valence-corrected chi connectivity index (χ0v) is 75.9. The van der Waals surface area contributed by atoms with Crippen molar-refractivity contribution in [1.82, 2.24) is 0 Å². The van der Waals surface area contributed by atoms with Crippen LogP contribution in [-0.2, 0) is 65.4 Å². The molecule has 0 aliphatic carbocycles. The smallest absolute Gasteiger partial charge is 0.462 e. The standard InChI is InChI=1S/C93H182O17P2/c1-8-9-10-11-12-13-14-15-16-17-24-30-35-40-47-55-62-69-77-93(98)110-89(81-104-91(96)75-68-61-54-49-42-45-52-59-66-73-86(6)7)83-108-112(101,102)106-79-87(94)78-105-111(99,100)107-82-88(109-92(97)76-70-63-56-48-41-36-31-26-21-19-23-28-33-38-44-51-58-65-72-85(4)5)80-103-90(95)74-67-60-53-46-39-34-29-25-20-18-22-27-32-37-43-50-57-64-71-84(2)3/h84-89,94H,8-83H2,1-7H3,(H,99,100)(H,101,102)/t87-,88-,89-/m1/s1. The number of hydrogen-bond acceptors (Lipinski definition) is 15. The van der Waals surface area contributed by atoms with Crippen molar-refractivity contribution < 1.29 is 80.2 Å². The number of aliphatic hydroxyl groups is 1. The first-order valence-electron chi connectivity index (χ1n) is 47.8. The van der Waals surface area contributed by atoms with Crippen molar-refractivity contribution in [3.63, 3.8) is 0 Å². The highest BCUT2D eigenvalue weighted by Crippen LogP contribution is 2.45. The van der Waals surface area contributed by atoms with Crippen molar-refractivity contribution in [2.75, 3.05) is 39.6 Å². The predicted molar refractivity (Wildman–Crippen MR) is 465 cm³/mol. The lowest BCUT2D eigenvalue weighted by molar-refractivity contribution is -0.161. The predicted octanol–water partition coefficient (Wildman–Crippen LogP) is 28.8. The maximum absolute atomic E-state index is 13.2. The minimum absolute atomic E-state index is 0.108.